The second-order valence-corrected chi connectivity index (χ2v) is 7.67. The van der Waals surface area contributed by atoms with Crippen LogP contribution in [0.2, 0.25) is 0 Å². The van der Waals surface area contributed by atoms with Crippen molar-refractivity contribution in [3.05, 3.63) is 114 Å². The summed E-state index contributed by atoms with van der Waals surface area (Å²) in [5, 5.41) is 3.73. The highest BCUT2D eigenvalue weighted by Crippen LogP contribution is 2.49. The van der Waals surface area contributed by atoms with E-state index in [-0.39, 0.29) is 11.8 Å². The van der Waals surface area contributed by atoms with E-state index in [0.29, 0.717) is 11.8 Å². The predicted octanol–water partition coefficient (Wildman–Crippen LogP) is 5.80. The highest BCUT2D eigenvalue weighted by Gasteiger charge is 2.37. The van der Waals surface area contributed by atoms with Crippen molar-refractivity contribution in [3.63, 3.8) is 0 Å². The van der Waals surface area contributed by atoms with Crippen LogP contribution in [0.1, 0.15) is 45.4 Å². The molecule has 0 fully saturated rings. The first-order valence-electron chi connectivity index (χ1n) is 10.0. The molecule has 1 N–H and O–H groups in total. The van der Waals surface area contributed by atoms with Crippen LogP contribution >= 0.6 is 0 Å². The summed E-state index contributed by atoms with van der Waals surface area (Å²) in [7, 11) is 0. The first kappa shape index (κ1) is 17.6. The Morgan fingerprint density at radius 1 is 1.07 bits per heavy atom. The Morgan fingerprint density at radius 2 is 1.97 bits per heavy atom. The largest absolute Gasteiger partial charge is 0.378 e. The van der Waals surface area contributed by atoms with Gasteiger partial charge < -0.3 is 5.32 Å². The number of nitrogens with zero attached hydrogens (tertiary/aromatic N) is 1. The minimum absolute atomic E-state index is 0.0142. The number of carbonyl (C=O) groups is 1. The maximum absolute atomic E-state index is 12.7. The molecule has 0 radical (unpaired) electrons. The summed E-state index contributed by atoms with van der Waals surface area (Å²) in [6.45, 7) is 0. The average Bonchev–Trinajstić information content (AvgIpc) is 3.28. The van der Waals surface area contributed by atoms with Crippen molar-refractivity contribution in [1.29, 1.82) is 0 Å². The lowest BCUT2D eigenvalue weighted by Gasteiger charge is -2.37. The van der Waals surface area contributed by atoms with Crippen molar-refractivity contribution >= 4 is 17.5 Å². The van der Waals surface area contributed by atoms with Gasteiger partial charge in [-0.2, -0.15) is 0 Å². The zero-order chi connectivity index (χ0) is 19.6. The molecule has 3 unspecified atom stereocenters. The van der Waals surface area contributed by atoms with E-state index in [4.69, 9.17) is 0 Å². The van der Waals surface area contributed by atoms with Crippen molar-refractivity contribution in [2.24, 2.45) is 5.92 Å². The van der Waals surface area contributed by atoms with E-state index >= 15 is 0 Å². The van der Waals surface area contributed by atoms with Gasteiger partial charge in [-0.3, -0.25) is 9.78 Å². The Balaban J connectivity index is 1.44. The monoisotopic (exact) mass is 378 g/mol. The summed E-state index contributed by atoms with van der Waals surface area (Å²) in [6, 6.07) is 20.8. The fourth-order valence-electron chi connectivity index (χ4n) is 4.48. The van der Waals surface area contributed by atoms with Gasteiger partial charge in [0.2, 0.25) is 0 Å². The Kier molecular flexibility index (Phi) is 4.57. The fourth-order valence-corrected chi connectivity index (χ4v) is 4.48. The van der Waals surface area contributed by atoms with Crippen LogP contribution < -0.4 is 5.32 Å². The number of aromatic nitrogens is 1. The molecule has 3 aromatic rings. The van der Waals surface area contributed by atoms with E-state index in [9.17, 15) is 4.79 Å². The van der Waals surface area contributed by atoms with Crippen LogP contribution in [-0.4, -0.2) is 10.8 Å². The molecule has 0 saturated heterocycles. The van der Waals surface area contributed by atoms with Crippen LogP contribution in [0.5, 0.6) is 0 Å². The Bertz CT molecular complexity index is 1090. The van der Waals surface area contributed by atoms with Gasteiger partial charge in [0, 0.05) is 29.6 Å². The number of carbonyl (C=O) groups excluding carboxylic acids is 1. The third-order valence-electron chi connectivity index (χ3n) is 5.92. The summed E-state index contributed by atoms with van der Waals surface area (Å²) >= 11 is 0. The number of nitrogens with one attached hydrogen (secondary N) is 1. The zero-order valence-corrected chi connectivity index (χ0v) is 16.0. The lowest BCUT2D eigenvalue weighted by Crippen LogP contribution is -2.29. The average molecular weight is 378 g/mol. The third kappa shape index (κ3) is 3.40. The minimum Gasteiger partial charge on any atom is -0.378 e. The molecule has 1 aliphatic carbocycles. The van der Waals surface area contributed by atoms with Gasteiger partial charge in [0.05, 0.1) is 6.04 Å². The number of hydrogen-bond donors (Lipinski definition) is 1. The summed E-state index contributed by atoms with van der Waals surface area (Å²) < 4.78 is 0. The third-order valence-corrected chi connectivity index (χ3v) is 5.92. The van der Waals surface area contributed by atoms with Crippen LogP contribution in [0.3, 0.4) is 0 Å². The summed E-state index contributed by atoms with van der Waals surface area (Å²) in [4.78, 5) is 16.8. The number of anilines is 1. The van der Waals surface area contributed by atoms with E-state index in [0.717, 1.165) is 23.2 Å². The topological polar surface area (TPSA) is 42.0 Å². The van der Waals surface area contributed by atoms with Crippen LogP contribution in [0.25, 0.3) is 6.08 Å². The van der Waals surface area contributed by atoms with Crippen LogP contribution in [0, 0.1) is 5.92 Å². The Morgan fingerprint density at radius 3 is 2.79 bits per heavy atom. The standard InChI is InChI=1S/C26H22N2O/c29-25(14-11-18-6-5-15-27-17-18)20-12-13-24-23(16-20)21-9-4-10-22(21)26(28-24)19-7-2-1-3-8-19/h1-9,11-17,21-22,26,28H,10H2. The first-order chi connectivity index (χ1) is 14.3. The molecule has 3 nitrogen and oxygen atoms in total. The quantitative estimate of drug-likeness (QED) is 0.354. The molecule has 0 spiro atoms. The van der Waals surface area contributed by atoms with Gasteiger partial charge in [0.15, 0.2) is 5.78 Å². The van der Waals surface area contributed by atoms with Crippen LogP contribution in [0.4, 0.5) is 5.69 Å². The van der Waals surface area contributed by atoms with Gasteiger partial charge in [0.1, 0.15) is 0 Å². The van der Waals surface area contributed by atoms with Crippen LogP contribution in [-0.2, 0) is 0 Å². The molecule has 1 aromatic heterocycles. The van der Waals surface area contributed by atoms with Gasteiger partial charge in [-0.15, -0.1) is 0 Å². The van der Waals surface area contributed by atoms with Gasteiger partial charge >= 0.3 is 0 Å². The summed E-state index contributed by atoms with van der Waals surface area (Å²) in [5.74, 6) is 0.827. The molecule has 142 valence electrons. The van der Waals surface area contributed by atoms with E-state index in [2.05, 4.69) is 64.9 Å². The maximum atomic E-state index is 12.7. The molecule has 0 bridgehead atoms. The predicted molar refractivity (Wildman–Crippen MR) is 117 cm³/mol. The van der Waals surface area contributed by atoms with Crippen molar-refractivity contribution in [2.45, 2.75) is 18.4 Å². The molecule has 3 heteroatoms. The molecular weight excluding hydrogens is 356 g/mol. The maximum Gasteiger partial charge on any atom is 0.185 e. The number of hydrogen-bond acceptors (Lipinski definition) is 3. The van der Waals surface area contributed by atoms with Crippen molar-refractivity contribution in [3.8, 4) is 0 Å². The minimum atomic E-state index is 0.0142. The van der Waals surface area contributed by atoms with Crippen LogP contribution in [0.15, 0.2) is 91.3 Å². The van der Waals surface area contributed by atoms with E-state index in [1.54, 1.807) is 18.5 Å². The summed E-state index contributed by atoms with van der Waals surface area (Å²) in [6.07, 6.45) is 12.6. The number of allylic oxidation sites excluding steroid dienone is 3. The lowest BCUT2D eigenvalue weighted by molar-refractivity contribution is 0.104. The number of rotatable bonds is 4. The smallest absolute Gasteiger partial charge is 0.185 e. The van der Waals surface area contributed by atoms with Crippen molar-refractivity contribution in [2.75, 3.05) is 5.32 Å². The zero-order valence-electron chi connectivity index (χ0n) is 16.0. The van der Waals surface area contributed by atoms with E-state index < -0.39 is 0 Å². The number of fused-ring (bicyclic) bond motifs is 3. The molecule has 5 rings (SSSR count). The Labute approximate surface area is 170 Å². The Hall–Kier alpha value is -3.46. The van der Waals surface area contributed by atoms with Gasteiger partial charge in [-0.1, -0.05) is 48.6 Å². The molecule has 3 atom stereocenters. The molecule has 29 heavy (non-hydrogen) atoms. The lowest BCUT2D eigenvalue weighted by atomic mass is 9.76. The fraction of sp³-hybridized carbons (Fsp3) is 0.154. The number of benzene rings is 2. The molecule has 2 aromatic carbocycles. The number of pyridine rings is 1. The second kappa shape index (κ2) is 7.51. The normalized spacial score (nSPS) is 22.1. The van der Waals surface area contributed by atoms with Crippen molar-refractivity contribution in [1.82, 2.24) is 4.98 Å². The van der Waals surface area contributed by atoms with Gasteiger partial charge in [-0.05, 0) is 65.4 Å². The highest BCUT2D eigenvalue weighted by atomic mass is 16.1. The van der Waals surface area contributed by atoms with E-state index in [1.165, 1.54) is 11.1 Å². The van der Waals surface area contributed by atoms with Gasteiger partial charge in [0.25, 0.3) is 0 Å². The second-order valence-electron chi connectivity index (χ2n) is 7.67. The SMILES string of the molecule is O=C(C=Cc1cccnc1)c1ccc2c(c1)C1C=CCC1C(c1ccccc1)N2. The molecular formula is C26H22N2O. The number of ketones is 1. The van der Waals surface area contributed by atoms with Crippen molar-refractivity contribution < 1.29 is 4.79 Å². The van der Waals surface area contributed by atoms with Gasteiger partial charge in [-0.25, -0.2) is 0 Å². The molecule has 0 saturated carbocycles. The highest BCUT2D eigenvalue weighted by molar-refractivity contribution is 6.07. The molecule has 2 aliphatic rings. The molecule has 2 heterocycles. The molecule has 0 amide bonds. The summed E-state index contributed by atoms with van der Waals surface area (Å²) in [5.41, 5.74) is 5.31. The molecule has 1 aliphatic heterocycles. The first-order valence-corrected chi connectivity index (χ1v) is 10.0. The van der Waals surface area contributed by atoms with E-state index in [1.807, 2.05) is 24.3 Å².